The third kappa shape index (κ3) is 7.54. The van der Waals surface area contributed by atoms with Crippen LogP contribution in [0.15, 0.2) is 42.5 Å². The van der Waals surface area contributed by atoms with E-state index in [2.05, 4.69) is 10.6 Å². The fourth-order valence-corrected chi connectivity index (χ4v) is 4.04. The minimum absolute atomic E-state index is 0.179. The highest BCUT2D eigenvalue weighted by Crippen LogP contribution is 2.31. The summed E-state index contributed by atoms with van der Waals surface area (Å²) < 4.78 is 1.60. The van der Waals surface area contributed by atoms with Crippen LogP contribution in [0.2, 0.25) is 20.1 Å². The minimum Gasteiger partial charge on any atom is -0.315 e. The van der Waals surface area contributed by atoms with E-state index in [9.17, 15) is 9.59 Å². The zero-order valence-electron chi connectivity index (χ0n) is 21.0. The maximum Gasteiger partial charge on any atom is 0.322 e. The van der Waals surface area contributed by atoms with Crippen molar-refractivity contribution in [2.45, 2.75) is 46.0 Å². The van der Waals surface area contributed by atoms with Gasteiger partial charge < -0.3 is 15.5 Å². The number of nitrogens with zero attached hydrogens (tertiary/aromatic N) is 3. The van der Waals surface area contributed by atoms with Crippen LogP contribution in [0.1, 0.15) is 46.2 Å². The molecule has 37 heavy (non-hydrogen) atoms. The molecule has 0 aliphatic rings. The minimum atomic E-state index is -0.457. The van der Waals surface area contributed by atoms with Crippen LogP contribution in [0.3, 0.4) is 0 Å². The van der Waals surface area contributed by atoms with E-state index in [4.69, 9.17) is 51.5 Å². The van der Waals surface area contributed by atoms with Gasteiger partial charge in [0.25, 0.3) is 0 Å². The number of nitrogens with one attached hydrogen (secondary N) is 2. The average molecular weight is 585 g/mol. The van der Waals surface area contributed by atoms with Gasteiger partial charge in [0, 0.05) is 18.0 Å². The van der Waals surface area contributed by atoms with Gasteiger partial charge in [0.2, 0.25) is 5.91 Å². The van der Waals surface area contributed by atoms with Gasteiger partial charge in [-0.15, -0.1) is 0 Å². The highest BCUT2D eigenvalue weighted by atomic mass is 35.5. The monoisotopic (exact) mass is 583 g/mol. The first kappa shape index (κ1) is 29.1. The Morgan fingerprint density at radius 3 is 2.35 bits per heavy atom. The van der Waals surface area contributed by atoms with Gasteiger partial charge in [0.15, 0.2) is 0 Å². The molecule has 0 spiro atoms. The topological polar surface area (TPSA) is 79.3 Å². The van der Waals surface area contributed by atoms with Crippen LogP contribution in [-0.4, -0.2) is 39.7 Å². The molecule has 3 rings (SSSR count). The summed E-state index contributed by atoms with van der Waals surface area (Å²) in [6.45, 7) is 8.29. The summed E-state index contributed by atoms with van der Waals surface area (Å²) in [6.07, 6.45) is 1.57. The highest BCUT2D eigenvalue weighted by Gasteiger charge is 2.24. The first-order valence-electron chi connectivity index (χ1n) is 11.8. The van der Waals surface area contributed by atoms with Crippen molar-refractivity contribution in [3.8, 4) is 5.69 Å². The molecule has 0 bridgehead atoms. The van der Waals surface area contributed by atoms with Crippen molar-refractivity contribution in [2.24, 2.45) is 0 Å². The van der Waals surface area contributed by atoms with Gasteiger partial charge in [0.05, 0.1) is 37.2 Å². The lowest BCUT2D eigenvalue weighted by Crippen LogP contribution is -2.41. The summed E-state index contributed by atoms with van der Waals surface area (Å²) in [5.41, 5.74) is 1.50. The van der Waals surface area contributed by atoms with Crippen molar-refractivity contribution in [3.05, 3.63) is 68.2 Å². The van der Waals surface area contributed by atoms with E-state index in [0.29, 0.717) is 38.8 Å². The Labute approximate surface area is 237 Å². The number of anilines is 2. The summed E-state index contributed by atoms with van der Waals surface area (Å²) in [6, 6.07) is 11.4. The number of carbonyl (C=O) groups excluding carboxylic acids is 2. The molecule has 11 heteroatoms. The second-order valence-electron chi connectivity index (χ2n) is 9.53. The molecule has 3 amide bonds. The second kappa shape index (κ2) is 12.4. The highest BCUT2D eigenvalue weighted by molar-refractivity contribution is 6.44. The predicted octanol–water partition coefficient (Wildman–Crippen LogP) is 8.06. The van der Waals surface area contributed by atoms with Crippen LogP contribution in [-0.2, 0) is 10.2 Å². The Kier molecular flexibility index (Phi) is 9.75. The zero-order chi connectivity index (χ0) is 27.3. The summed E-state index contributed by atoms with van der Waals surface area (Å²) in [4.78, 5) is 27.6. The lowest BCUT2D eigenvalue weighted by Gasteiger charge is -2.23. The molecule has 0 aliphatic carbocycles. The van der Waals surface area contributed by atoms with Crippen LogP contribution in [0, 0.1) is 0 Å². The smallest absolute Gasteiger partial charge is 0.315 e. The molecule has 0 unspecified atom stereocenters. The summed E-state index contributed by atoms with van der Waals surface area (Å²) in [5, 5.41) is 11.7. The van der Waals surface area contributed by atoms with Gasteiger partial charge >= 0.3 is 6.03 Å². The molecule has 2 aromatic carbocycles. The molecule has 0 saturated heterocycles. The number of amides is 3. The van der Waals surface area contributed by atoms with Gasteiger partial charge in [-0.05, 0) is 36.8 Å². The number of halogens is 4. The quantitative estimate of drug-likeness (QED) is 0.281. The number of unbranched alkanes of at least 4 members (excludes halogenated alkanes) is 1. The van der Waals surface area contributed by atoms with Crippen molar-refractivity contribution >= 4 is 69.8 Å². The zero-order valence-corrected chi connectivity index (χ0v) is 24.1. The van der Waals surface area contributed by atoms with Crippen LogP contribution >= 0.6 is 46.4 Å². The number of benzene rings is 2. The molecule has 1 aromatic heterocycles. The molecule has 198 valence electrons. The predicted molar refractivity (Wildman–Crippen MR) is 153 cm³/mol. The summed E-state index contributed by atoms with van der Waals surface area (Å²) in [5.74, 6) is 0.0622. The van der Waals surface area contributed by atoms with E-state index in [1.165, 1.54) is 4.90 Å². The first-order chi connectivity index (χ1) is 17.4. The molecule has 1 heterocycles. The van der Waals surface area contributed by atoms with Crippen LogP contribution in [0.25, 0.3) is 5.69 Å². The third-order valence-electron chi connectivity index (χ3n) is 5.49. The van der Waals surface area contributed by atoms with E-state index >= 15 is 0 Å². The molecule has 0 atom stereocenters. The molecule has 0 aliphatic heterocycles. The van der Waals surface area contributed by atoms with E-state index in [-0.39, 0.29) is 22.9 Å². The SMILES string of the molecule is CCCCN(CC(=O)Nc1cc(C(C)(C)C)nn1-c1ccc(Cl)c(Cl)c1)C(=O)Nc1cccc(Cl)c1Cl. The molecule has 3 aromatic rings. The Balaban J connectivity index is 1.84. The number of hydrogen-bond acceptors (Lipinski definition) is 3. The summed E-state index contributed by atoms with van der Waals surface area (Å²) in [7, 11) is 0. The fourth-order valence-electron chi connectivity index (χ4n) is 3.40. The molecular weight excluding hydrogens is 556 g/mol. The first-order valence-corrected chi connectivity index (χ1v) is 13.3. The molecule has 2 N–H and O–H groups in total. The van der Waals surface area contributed by atoms with E-state index in [1.54, 1.807) is 41.1 Å². The average Bonchev–Trinajstić information content (AvgIpc) is 3.25. The van der Waals surface area contributed by atoms with E-state index in [1.807, 2.05) is 33.8 Å². The fraction of sp³-hybridized carbons (Fsp3) is 0.346. The Bertz CT molecular complexity index is 1290. The number of urea groups is 1. The largest absolute Gasteiger partial charge is 0.322 e. The maximum absolute atomic E-state index is 13.2. The third-order valence-corrected chi connectivity index (χ3v) is 7.05. The standard InChI is InChI=1S/C26H29Cl4N5O2/c1-5-6-12-34(25(37)31-20-9-7-8-18(28)24(20)30)15-23(36)32-22-14-21(26(2,3)4)33-35(22)16-10-11-17(27)19(29)13-16/h7-11,13-14H,5-6,12,15H2,1-4H3,(H,31,37)(H,32,36). The van der Waals surface area contributed by atoms with Crippen LogP contribution < -0.4 is 10.6 Å². The number of carbonyl (C=O) groups is 2. The van der Waals surface area contributed by atoms with Gasteiger partial charge in [-0.2, -0.15) is 5.10 Å². The lowest BCUT2D eigenvalue weighted by molar-refractivity contribution is -0.116. The molecule has 0 fully saturated rings. The summed E-state index contributed by atoms with van der Waals surface area (Å²) >= 11 is 24.6. The van der Waals surface area contributed by atoms with E-state index < -0.39 is 6.03 Å². The lowest BCUT2D eigenvalue weighted by atomic mass is 9.92. The van der Waals surface area contributed by atoms with Crippen molar-refractivity contribution in [1.82, 2.24) is 14.7 Å². The van der Waals surface area contributed by atoms with Gasteiger partial charge in [-0.25, -0.2) is 9.48 Å². The second-order valence-corrected chi connectivity index (χ2v) is 11.1. The van der Waals surface area contributed by atoms with E-state index in [0.717, 1.165) is 18.5 Å². The molecule has 0 radical (unpaired) electrons. The van der Waals surface area contributed by atoms with Crippen LogP contribution in [0.4, 0.5) is 16.3 Å². The van der Waals surface area contributed by atoms with Gasteiger partial charge in [-0.1, -0.05) is 86.6 Å². The Morgan fingerprint density at radius 1 is 0.973 bits per heavy atom. The van der Waals surface area contributed by atoms with Crippen molar-refractivity contribution in [1.29, 1.82) is 0 Å². The molecular formula is C26H29Cl4N5O2. The van der Waals surface area contributed by atoms with Gasteiger partial charge in [0.1, 0.15) is 12.4 Å². The van der Waals surface area contributed by atoms with Gasteiger partial charge in [-0.3, -0.25) is 4.79 Å². The number of rotatable bonds is 8. The number of aromatic nitrogens is 2. The van der Waals surface area contributed by atoms with Crippen molar-refractivity contribution in [2.75, 3.05) is 23.7 Å². The Hall–Kier alpha value is -2.45. The normalized spacial score (nSPS) is 11.4. The molecule has 0 saturated carbocycles. The molecule has 7 nitrogen and oxygen atoms in total. The van der Waals surface area contributed by atoms with Crippen molar-refractivity contribution < 1.29 is 9.59 Å². The van der Waals surface area contributed by atoms with Crippen molar-refractivity contribution in [3.63, 3.8) is 0 Å². The maximum atomic E-state index is 13.2. The number of hydrogen-bond donors (Lipinski definition) is 2. The Morgan fingerprint density at radius 2 is 1.70 bits per heavy atom. The van der Waals surface area contributed by atoms with Crippen LogP contribution in [0.5, 0.6) is 0 Å².